The number of rotatable bonds is 3. The Morgan fingerprint density at radius 3 is 3.06 bits per heavy atom. The third kappa shape index (κ3) is 3.20. The first-order valence-corrected chi connectivity index (χ1v) is 6.56. The maximum Gasteiger partial charge on any atom is 0.416 e. The second-order valence-corrected chi connectivity index (χ2v) is 4.91. The average Bonchev–Trinajstić information content (AvgIpc) is 2.63. The van der Waals surface area contributed by atoms with Gasteiger partial charge in [-0.25, -0.2) is 9.69 Å². The summed E-state index contributed by atoms with van der Waals surface area (Å²) in [6.07, 6.45) is 2.78. The van der Waals surface area contributed by atoms with Gasteiger partial charge in [0.15, 0.2) is 0 Å². The summed E-state index contributed by atoms with van der Waals surface area (Å²) in [5.41, 5.74) is 0. The Hall–Kier alpha value is -1.14. The SMILES string of the molecule is CN(CC(=O)N1CCOC1=O)C1CCCNCC1. The molecule has 0 spiro atoms. The van der Waals surface area contributed by atoms with Gasteiger partial charge in [-0.2, -0.15) is 0 Å². The Morgan fingerprint density at radius 1 is 1.50 bits per heavy atom. The van der Waals surface area contributed by atoms with Gasteiger partial charge < -0.3 is 10.1 Å². The number of amides is 2. The van der Waals surface area contributed by atoms with E-state index in [0.29, 0.717) is 25.7 Å². The van der Waals surface area contributed by atoms with E-state index in [1.54, 1.807) is 0 Å². The van der Waals surface area contributed by atoms with Gasteiger partial charge in [0.05, 0.1) is 13.1 Å². The Morgan fingerprint density at radius 2 is 2.33 bits per heavy atom. The molecule has 0 aromatic carbocycles. The molecule has 2 aliphatic heterocycles. The number of likely N-dealkylation sites (N-methyl/N-ethyl adjacent to an activating group) is 1. The lowest BCUT2D eigenvalue weighted by atomic mass is 10.1. The first-order chi connectivity index (χ1) is 8.68. The number of hydrogen-bond acceptors (Lipinski definition) is 5. The van der Waals surface area contributed by atoms with Crippen molar-refractivity contribution < 1.29 is 14.3 Å². The molecule has 0 radical (unpaired) electrons. The number of nitrogens with one attached hydrogen (secondary N) is 1. The van der Waals surface area contributed by atoms with E-state index in [9.17, 15) is 9.59 Å². The molecule has 0 saturated carbocycles. The topological polar surface area (TPSA) is 61.9 Å². The van der Waals surface area contributed by atoms with E-state index in [4.69, 9.17) is 4.74 Å². The number of ether oxygens (including phenoxy) is 1. The van der Waals surface area contributed by atoms with Gasteiger partial charge in [0.2, 0.25) is 5.91 Å². The predicted octanol–water partition coefficient (Wildman–Crippen LogP) is 0.0391. The average molecular weight is 255 g/mol. The van der Waals surface area contributed by atoms with Gasteiger partial charge >= 0.3 is 6.09 Å². The molecule has 18 heavy (non-hydrogen) atoms. The van der Waals surface area contributed by atoms with E-state index in [0.717, 1.165) is 32.4 Å². The summed E-state index contributed by atoms with van der Waals surface area (Å²) in [7, 11) is 1.95. The van der Waals surface area contributed by atoms with Crippen LogP contribution in [-0.4, -0.2) is 67.7 Å². The van der Waals surface area contributed by atoms with Crippen molar-refractivity contribution in [3.8, 4) is 0 Å². The minimum Gasteiger partial charge on any atom is -0.447 e. The molecule has 2 amide bonds. The first-order valence-electron chi connectivity index (χ1n) is 6.56. The number of imide groups is 1. The highest BCUT2D eigenvalue weighted by molar-refractivity contribution is 5.94. The van der Waals surface area contributed by atoms with Gasteiger partial charge in [-0.3, -0.25) is 9.69 Å². The molecule has 102 valence electrons. The fourth-order valence-electron chi connectivity index (χ4n) is 2.49. The molecule has 2 aliphatic rings. The van der Waals surface area contributed by atoms with E-state index < -0.39 is 6.09 Å². The minimum absolute atomic E-state index is 0.155. The molecule has 1 N–H and O–H groups in total. The second-order valence-electron chi connectivity index (χ2n) is 4.91. The monoisotopic (exact) mass is 255 g/mol. The molecule has 6 heteroatoms. The van der Waals surface area contributed by atoms with Crippen molar-refractivity contribution in [3.05, 3.63) is 0 Å². The van der Waals surface area contributed by atoms with Crippen LogP contribution in [0.1, 0.15) is 19.3 Å². The highest BCUT2D eigenvalue weighted by atomic mass is 16.6. The summed E-state index contributed by atoms with van der Waals surface area (Å²) >= 11 is 0. The van der Waals surface area contributed by atoms with Gasteiger partial charge in [0.1, 0.15) is 6.61 Å². The molecule has 2 rings (SSSR count). The van der Waals surface area contributed by atoms with Gasteiger partial charge in [0, 0.05) is 6.04 Å². The molecule has 0 aliphatic carbocycles. The summed E-state index contributed by atoms with van der Waals surface area (Å²) in [6, 6.07) is 0.419. The molecule has 0 aromatic heterocycles. The minimum atomic E-state index is -0.504. The largest absolute Gasteiger partial charge is 0.447 e. The van der Waals surface area contributed by atoms with Crippen LogP contribution in [0.5, 0.6) is 0 Å². The normalized spacial score (nSPS) is 25.1. The van der Waals surface area contributed by atoms with Crippen molar-refractivity contribution in [2.45, 2.75) is 25.3 Å². The standard InChI is InChI=1S/C12H21N3O3/c1-14(10-3-2-5-13-6-4-10)9-11(16)15-7-8-18-12(15)17/h10,13H,2-9H2,1H3. The van der Waals surface area contributed by atoms with Crippen molar-refractivity contribution in [1.29, 1.82) is 0 Å². The molecular formula is C12H21N3O3. The van der Waals surface area contributed by atoms with Crippen LogP contribution in [0.15, 0.2) is 0 Å². The number of cyclic esters (lactones) is 1. The highest BCUT2D eigenvalue weighted by Crippen LogP contribution is 2.12. The van der Waals surface area contributed by atoms with Crippen LogP contribution in [0.3, 0.4) is 0 Å². The lowest BCUT2D eigenvalue weighted by molar-refractivity contribution is -0.129. The fourth-order valence-corrected chi connectivity index (χ4v) is 2.49. The van der Waals surface area contributed by atoms with Crippen molar-refractivity contribution in [2.24, 2.45) is 0 Å². The summed E-state index contributed by atoms with van der Waals surface area (Å²) < 4.78 is 4.77. The number of hydrogen-bond donors (Lipinski definition) is 1. The Balaban J connectivity index is 1.83. The van der Waals surface area contributed by atoms with Crippen LogP contribution in [0, 0.1) is 0 Å². The summed E-state index contributed by atoms with van der Waals surface area (Å²) in [5, 5.41) is 3.35. The zero-order valence-electron chi connectivity index (χ0n) is 10.9. The number of carbonyl (C=O) groups excluding carboxylic acids is 2. The highest BCUT2D eigenvalue weighted by Gasteiger charge is 2.30. The predicted molar refractivity (Wildman–Crippen MR) is 66.2 cm³/mol. The number of nitrogens with zero attached hydrogens (tertiary/aromatic N) is 2. The first kappa shape index (κ1) is 13.3. The van der Waals surface area contributed by atoms with E-state index in [-0.39, 0.29) is 5.91 Å². The molecular weight excluding hydrogens is 234 g/mol. The van der Waals surface area contributed by atoms with E-state index in [1.807, 2.05) is 7.05 Å². The zero-order chi connectivity index (χ0) is 13.0. The van der Waals surface area contributed by atoms with E-state index in [1.165, 1.54) is 4.90 Å². The van der Waals surface area contributed by atoms with E-state index in [2.05, 4.69) is 10.2 Å². The Kier molecular flexibility index (Phi) is 4.54. The van der Waals surface area contributed by atoms with Crippen LogP contribution in [-0.2, 0) is 9.53 Å². The molecule has 1 unspecified atom stereocenters. The third-order valence-electron chi connectivity index (χ3n) is 3.62. The maximum absolute atomic E-state index is 12.0. The molecule has 2 heterocycles. The van der Waals surface area contributed by atoms with Crippen molar-refractivity contribution in [1.82, 2.24) is 15.1 Å². The molecule has 0 aromatic rings. The molecule has 2 saturated heterocycles. The van der Waals surface area contributed by atoms with Crippen LogP contribution < -0.4 is 5.32 Å². The number of carbonyl (C=O) groups is 2. The second kappa shape index (κ2) is 6.15. The molecule has 2 fully saturated rings. The Bertz CT molecular complexity index is 314. The molecule has 1 atom stereocenters. The van der Waals surface area contributed by atoms with Gasteiger partial charge in [-0.05, 0) is 39.4 Å². The maximum atomic E-state index is 12.0. The quantitative estimate of drug-likeness (QED) is 0.771. The lowest BCUT2D eigenvalue weighted by Crippen LogP contribution is -2.43. The lowest BCUT2D eigenvalue weighted by Gasteiger charge is -2.27. The van der Waals surface area contributed by atoms with E-state index >= 15 is 0 Å². The summed E-state index contributed by atoms with van der Waals surface area (Å²) in [5.74, 6) is -0.155. The molecule has 0 bridgehead atoms. The van der Waals surface area contributed by atoms with Crippen LogP contribution >= 0.6 is 0 Å². The van der Waals surface area contributed by atoms with Crippen LogP contribution in [0.2, 0.25) is 0 Å². The van der Waals surface area contributed by atoms with Gasteiger partial charge in [-0.15, -0.1) is 0 Å². The Labute approximate surface area is 107 Å². The fraction of sp³-hybridized carbons (Fsp3) is 0.833. The zero-order valence-corrected chi connectivity index (χ0v) is 10.9. The van der Waals surface area contributed by atoms with Crippen molar-refractivity contribution in [2.75, 3.05) is 39.8 Å². The third-order valence-corrected chi connectivity index (χ3v) is 3.62. The van der Waals surface area contributed by atoms with Gasteiger partial charge in [0.25, 0.3) is 0 Å². The van der Waals surface area contributed by atoms with Crippen molar-refractivity contribution >= 4 is 12.0 Å². The van der Waals surface area contributed by atoms with Crippen LogP contribution in [0.4, 0.5) is 4.79 Å². The smallest absolute Gasteiger partial charge is 0.416 e. The van der Waals surface area contributed by atoms with Crippen molar-refractivity contribution in [3.63, 3.8) is 0 Å². The summed E-state index contributed by atoms with van der Waals surface area (Å²) in [6.45, 7) is 3.05. The summed E-state index contributed by atoms with van der Waals surface area (Å²) in [4.78, 5) is 26.5. The van der Waals surface area contributed by atoms with Crippen LogP contribution in [0.25, 0.3) is 0 Å². The molecule has 6 nitrogen and oxygen atoms in total. The van der Waals surface area contributed by atoms with Gasteiger partial charge in [-0.1, -0.05) is 0 Å².